The van der Waals surface area contributed by atoms with Gasteiger partial charge in [-0.25, -0.2) is 0 Å². The smallest absolute Gasteiger partial charge is 0.423 e. The van der Waals surface area contributed by atoms with Gasteiger partial charge < -0.3 is 14.3 Å². The molecule has 0 radical (unpaired) electrons. The number of aromatic nitrogens is 1. The first-order chi connectivity index (χ1) is 7.07. The van der Waals surface area contributed by atoms with Gasteiger partial charge in [-0.15, -0.1) is 0 Å². The van der Waals surface area contributed by atoms with E-state index in [0.717, 1.165) is 4.47 Å². The fourth-order valence-corrected chi connectivity index (χ4v) is 3.75. The second-order valence-electron chi connectivity index (χ2n) is 5.65. The normalized spacial score (nSPS) is 13.0. The second kappa shape index (κ2) is 4.33. The van der Waals surface area contributed by atoms with Gasteiger partial charge in [-0.05, 0) is 27.2 Å². The summed E-state index contributed by atoms with van der Waals surface area (Å²) >= 11 is 3.36. The summed E-state index contributed by atoms with van der Waals surface area (Å²) in [4.78, 5) is 0. The zero-order chi connectivity index (χ0) is 12.7. The Morgan fingerprint density at radius 3 is 2.06 bits per heavy atom. The van der Waals surface area contributed by atoms with Crippen molar-refractivity contribution in [2.24, 2.45) is 0 Å². The summed E-state index contributed by atoms with van der Waals surface area (Å²) in [6.07, 6.45) is 3.79. The molecule has 2 N–H and O–H groups in total. The highest BCUT2D eigenvalue weighted by molar-refractivity contribution is 9.10. The Kier molecular flexibility index (Phi) is 3.79. The summed E-state index contributed by atoms with van der Waals surface area (Å²) in [5.41, 5.74) is 0.532. The highest BCUT2D eigenvalue weighted by atomic mass is 79.9. The molecule has 16 heavy (non-hydrogen) atoms. The van der Waals surface area contributed by atoms with E-state index in [2.05, 4.69) is 54.0 Å². The van der Waals surface area contributed by atoms with E-state index in [4.69, 9.17) is 0 Å². The molecule has 0 saturated carbocycles. The average molecular weight is 304 g/mol. The van der Waals surface area contributed by atoms with Crippen molar-refractivity contribution in [3.8, 4) is 0 Å². The van der Waals surface area contributed by atoms with Crippen LogP contribution < -0.4 is 5.46 Å². The quantitative estimate of drug-likeness (QED) is 0.818. The number of halogens is 1. The molecule has 0 aliphatic rings. The van der Waals surface area contributed by atoms with Crippen LogP contribution in [0.3, 0.4) is 0 Å². The number of nitrogens with zero attached hydrogens (tertiary/aromatic N) is 1. The van der Waals surface area contributed by atoms with Crippen molar-refractivity contribution in [1.82, 2.24) is 4.23 Å². The van der Waals surface area contributed by atoms with Crippen LogP contribution in [0.15, 0.2) is 16.9 Å². The molecule has 1 rings (SSSR count). The van der Waals surface area contributed by atoms with E-state index in [0.29, 0.717) is 5.46 Å². The second-order valence-corrected chi connectivity index (χ2v) is 11.6. The fourth-order valence-electron chi connectivity index (χ4n) is 1.35. The van der Waals surface area contributed by atoms with Gasteiger partial charge in [0.15, 0.2) is 8.24 Å². The first-order valence-corrected chi connectivity index (χ1v) is 9.05. The Bertz CT molecular complexity index is 385. The zero-order valence-corrected chi connectivity index (χ0v) is 13.0. The van der Waals surface area contributed by atoms with Crippen molar-refractivity contribution in [3.05, 3.63) is 16.9 Å². The molecular weight excluding hydrogens is 285 g/mol. The van der Waals surface area contributed by atoms with Gasteiger partial charge in [0.1, 0.15) is 0 Å². The predicted octanol–water partition coefficient (Wildman–Crippen LogP) is 1.78. The van der Waals surface area contributed by atoms with E-state index in [-0.39, 0.29) is 5.04 Å². The fraction of sp³-hybridized carbons (Fsp3) is 0.600. The highest BCUT2D eigenvalue weighted by Crippen LogP contribution is 2.37. The van der Waals surface area contributed by atoms with Crippen LogP contribution in [0.1, 0.15) is 20.8 Å². The van der Waals surface area contributed by atoms with Gasteiger partial charge in [0, 0.05) is 16.1 Å². The lowest BCUT2D eigenvalue weighted by Gasteiger charge is -2.37. The Morgan fingerprint density at radius 1 is 1.25 bits per heavy atom. The van der Waals surface area contributed by atoms with Crippen molar-refractivity contribution >= 4 is 36.7 Å². The van der Waals surface area contributed by atoms with Gasteiger partial charge >= 0.3 is 7.12 Å². The standard InChI is InChI=1S/C10H19BBrNO2Si/c1-10(2,3)16(4,5)13-6-8(11(14)15)9(12)7-13/h6-7,14-15H,1-5H3. The molecule has 1 aromatic heterocycles. The molecule has 90 valence electrons. The first kappa shape index (κ1) is 14.0. The molecule has 0 aromatic carbocycles. The van der Waals surface area contributed by atoms with E-state index in [1.165, 1.54) is 0 Å². The van der Waals surface area contributed by atoms with Crippen molar-refractivity contribution in [2.75, 3.05) is 0 Å². The SMILES string of the molecule is CC(C)(C)[Si](C)(C)n1cc(Br)c(B(O)O)c1. The Labute approximate surface area is 107 Å². The lowest BCUT2D eigenvalue weighted by atomic mass is 9.83. The van der Waals surface area contributed by atoms with Crippen LogP contribution in [0, 0.1) is 0 Å². The number of hydrogen-bond donors (Lipinski definition) is 2. The third kappa shape index (κ3) is 2.45. The summed E-state index contributed by atoms with van der Waals surface area (Å²) in [6.45, 7) is 11.2. The Morgan fingerprint density at radius 2 is 1.75 bits per heavy atom. The summed E-state index contributed by atoms with van der Waals surface area (Å²) in [5, 5.41) is 18.6. The maximum absolute atomic E-state index is 9.21. The molecule has 0 saturated heterocycles. The monoisotopic (exact) mass is 303 g/mol. The molecule has 0 spiro atoms. The molecular formula is C10H19BBrNO2Si. The number of rotatable bonds is 2. The van der Waals surface area contributed by atoms with Crippen molar-refractivity contribution in [3.63, 3.8) is 0 Å². The topological polar surface area (TPSA) is 45.4 Å². The van der Waals surface area contributed by atoms with Gasteiger partial charge in [-0.3, -0.25) is 0 Å². The van der Waals surface area contributed by atoms with Crippen molar-refractivity contribution in [1.29, 1.82) is 0 Å². The van der Waals surface area contributed by atoms with Gasteiger partial charge in [-0.1, -0.05) is 33.9 Å². The van der Waals surface area contributed by atoms with E-state index in [1.54, 1.807) is 0 Å². The molecule has 0 unspecified atom stereocenters. The first-order valence-electron chi connectivity index (χ1n) is 5.31. The van der Waals surface area contributed by atoms with Gasteiger partial charge in [0.2, 0.25) is 0 Å². The van der Waals surface area contributed by atoms with E-state index in [1.807, 2.05) is 12.4 Å². The largest absolute Gasteiger partial charge is 0.491 e. The third-order valence-electron chi connectivity index (χ3n) is 3.57. The minimum absolute atomic E-state index is 0.211. The number of hydrogen-bond acceptors (Lipinski definition) is 2. The lowest BCUT2D eigenvalue weighted by Crippen LogP contribution is -2.45. The van der Waals surface area contributed by atoms with Crippen LogP contribution in [0.25, 0.3) is 0 Å². The minimum Gasteiger partial charge on any atom is -0.423 e. The van der Waals surface area contributed by atoms with Crippen LogP contribution in [0.4, 0.5) is 0 Å². The molecule has 0 bridgehead atoms. The Balaban J connectivity index is 3.20. The summed E-state index contributed by atoms with van der Waals surface area (Å²) in [5.74, 6) is 0. The average Bonchev–Trinajstić information content (AvgIpc) is 2.45. The summed E-state index contributed by atoms with van der Waals surface area (Å²) in [7, 11) is -3.09. The molecule has 0 aliphatic carbocycles. The molecule has 0 aliphatic heterocycles. The molecule has 1 aromatic rings. The van der Waals surface area contributed by atoms with Crippen LogP contribution in [0.5, 0.6) is 0 Å². The molecule has 6 heteroatoms. The molecule has 1 heterocycles. The zero-order valence-electron chi connectivity index (χ0n) is 10.5. The van der Waals surface area contributed by atoms with Crippen LogP contribution >= 0.6 is 15.9 Å². The van der Waals surface area contributed by atoms with E-state index in [9.17, 15) is 10.0 Å². The van der Waals surface area contributed by atoms with E-state index >= 15 is 0 Å². The van der Waals surface area contributed by atoms with Crippen LogP contribution in [-0.4, -0.2) is 29.6 Å². The third-order valence-corrected chi connectivity index (χ3v) is 9.45. The molecule has 0 atom stereocenters. The van der Waals surface area contributed by atoms with Gasteiger partial charge in [-0.2, -0.15) is 0 Å². The predicted molar refractivity (Wildman–Crippen MR) is 74.6 cm³/mol. The van der Waals surface area contributed by atoms with Crippen LogP contribution in [0.2, 0.25) is 18.1 Å². The summed E-state index contributed by atoms with van der Waals surface area (Å²) < 4.78 is 2.92. The maximum Gasteiger partial charge on any atom is 0.491 e. The summed E-state index contributed by atoms with van der Waals surface area (Å²) in [6, 6.07) is 0. The maximum atomic E-state index is 9.21. The Hall–Kier alpha value is -0.0382. The van der Waals surface area contributed by atoms with Gasteiger partial charge in [0.05, 0.1) is 0 Å². The van der Waals surface area contributed by atoms with Crippen molar-refractivity contribution < 1.29 is 10.0 Å². The molecule has 3 nitrogen and oxygen atoms in total. The van der Waals surface area contributed by atoms with Crippen LogP contribution in [-0.2, 0) is 0 Å². The molecule has 0 fully saturated rings. The molecule has 0 amide bonds. The van der Waals surface area contributed by atoms with Crippen molar-refractivity contribution in [2.45, 2.75) is 38.9 Å². The highest BCUT2D eigenvalue weighted by Gasteiger charge is 2.38. The van der Waals surface area contributed by atoms with Gasteiger partial charge in [0.25, 0.3) is 0 Å². The minimum atomic E-state index is -1.67. The lowest BCUT2D eigenvalue weighted by molar-refractivity contribution is 0.425. The van der Waals surface area contributed by atoms with E-state index < -0.39 is 15.4 Å².